The molecule has 27 heavy (non-hydrogen) atoms. The number of rotatable bonds is 3. The van der Waals surface area contributed by atoms with Crippen molar-refractivity contribution in [3.05, 3.63) is 35.4 Å². The molecule has 6 nitrogen and oxygen atoms in total. The lowest BCUT2D eigenvalue weighted by molar-refractivity contribution is 0.0474. The van der Waals surface area contributed by atoms with E-state index < -0.39 is 17.7 Å². The van der Waals surface area contributed by atoms with Gasteiger partial charge in [-0.25, -0.2) is 4.79 Å². The maximum atomic E-state index is 12.2. The first-order valence-electron chi connectivity index (χ1n) is 9.55. The highest BCUT2D eigenvalue weighted by atomic mass is 16.6. The molecule has 0 fully saturated rings. The molecule has 154 valence electrons. The van der Waals surface area contributed by atoms with Gasteiger partial charge in [-0.1, -0.05) is 46.2 Å². The summed E-state index contributed by atoms with van der Waals surface area (Å²) in [4.78, 5) is 37.3. The van der Waals surface area contributed by atoms with Gasteiger partial charge in [0, 0.05) is 14.0 Å². The molecule has 0 unspecified atom stereocenters. The number of hydrogen-bond acceptors (Lipinski definition) is 4. The molecule has 1 aliphatic heterocycles. The van der Waals surface area contributed by atoms with Crippen LogP contribution in [0.15, 0.2) is 24.3 Å². The lowest BCUT2D eigenvalue weighted by Gasteiger charge is -2.24. The first-order chi connectivity index (χ1) is 12.6. The van der Waals surface area contributed by atoms with Gasteiger partial charge >= 0.3 is 6.09 Å². The Morgan fingerprint density at radius 2 is 1.52 bits per heavy atom. The summed E-state index contributed by atoms with van der Waals surface area (Å²) < 4.78 is 5.15. The van der Waals surface area contributed by atoms with E-state index in [-0.39, 0.29) is 19.8 Å². The van der Waals surface area contributed by atoms with Gasteiger partial charge in [0.15, 0.2) is 0 Å². The topological polar surface area (TPSA) is 75.7 Å². The molecule has 2 rings (SSSR count). The molecule has 1 aromatic carbocycles. The fraction of sp³-hybridized carbons (Fsp3) is 0.571. The number of amides is 3. The summed E-state index contributed by atoms with van der Waals surface area (Å²) in [6, 6.07) is 6.28. The van der Waals surface area contributed by atoms with Crippen LogP contribution in [0.25, 0.3) is 0 Å². The third-order valence-corrected chi connectivity index (χ3v) is 3.10. The predicted molar refractivity (Wildman–Crippen MR) is 110 cm³/mol. The summed E-state index contributed by atoms with van der Waals surface area (Å²) >= 11 is 0. The van der Waals surface area contributed by atoms with E-state index in [1.807, 2.05) is 13.8 Å². The van der Waals surface area contributed by atoms with Crippen LogP contribution in [0.2, 0.25) is 0 Å². The molecule has 0 saturated heterocycles. The van der Waals surface area contributed by atoms with Crippen LogP contribution in [0.3, 0.4) is 0 Å². The standard InChI is InChI=1S/C16H20N2O4.C3H8.C2H6.H2/c1-10(17-15(21)22-16(2,3)4)9-18-13(19)11-7-5-6-8-12(11)14(18)20;1-3-2;1-2;/h5-8,10H,9H2,1-4H3,(H,17,21);3H2,1-2H3;1-2H3;1H/t10-;;;/m0.../s1. The molecule has 1 aromatic rings. The number of hydrogen-bond donors (Lipinski definition) is 1. The molecular formula is C21H36N2O4. The highest BCUT2D eigenvalue weighted by Crippen LogP contribution is 2.22. The van der Waals surface area contributed by atoms with Crippen molar-refractivity contribution in [2.75, 3.05) is 6.54 Å². The van der Waals surface area contributed by atoms with Gasteiger partial charge < -0.3 is 10.1 Å². The summed E-state index contributed by atoms with van der Waals surface area (Å²) in [7, 11) is 0. The number of carbonyl (C=O) groups excluding carboxylic acids is 3. The number of nitrogens with zero attached hydrogens (tertiary/aromatic N) is 1. The van der Waals surface area contributed by atoms with Crippen LogP contribution in [-0.4, -0.2) is 41.0 Å². The molecule has 1 heterocycles. The maximum Gasteiger partial charge on any atom is 0.407 e. The molecule has 0 spiro atoms. The lowest BCUT2D eigenvalue weighted by Crippen LogP contribution is -2.45. The normalized spacial score (nSPS) is 13.6. The molecule has 0 aliphatic carbocycles. The van der Waals surface area contributed by atoms with Gasteiger partial charge in [0.05, 0.1) is 11.1 Å². The summed E-state index contributed by atoms with van der Waals surface area (Å²) in [6.07, 6.45) is 0.677. The molecule has 1 aliphatic rings. The number of imide groups is 1. The SMILES string of the molecule is CC.CCC.C[C@@H](CN1C(=O)c2ccccc2C1=O)NC(=O)OC(C)(C)C.[HH]. The van der Waals surface area contributed by atoms with E-state index in [2.05, 4.69) is 19.2 Å². The highest BCUT2D eigenvalue weighted by molar-refractivity contribution is 6.21. The van der Waals surface area contributed by atoms with Crippen molar-refractivity contribution in [3.63, 3.8) is 0 Å². The van der Waals surface area contributed by atoms with Crippen LogP contribution in [0.1, 0.15) is 84.0 Å². The first-order valence-corrected chi connectivity index (χ1v) is 9.55. The van der Waals surface area contributed by atoms with Gasteiger partial charge in [-0.15, -0.1) is 0 Å². The maximum absolute atomic E-state index is 12.2. The molecular weight excluding hydrogens is 344 g/mol. The molecule has 1 N–H and O–H groups in total. The Morgan fingerprint density at radius 1 is 1.11 bits per heavy atom. The van der Waals surface area contributed by atoms with Crippen molar-refractivity contribution >= 4 is 17.9 Å². The van der Waals surface area contributed by atoms with Crippen molar-refractivity contribution in [3.8, 4) is 0 Å². The van der Waals surface area contributed by atoms with E-state index in [0.717, 1.165) is 4.90 Å². The molecule has 0 radical (unpaired) electrons. The van der Waals surface area contributed by atoms with Gasteiger partial charge in [-0.05, 0) is 39.8 Å². The van der Waals surface area contributed by atoms with E-state index in [1.54, 1.807) is 52.0 Å². The Morgan fingerprint density at radius 3 is 1.89 bits per heavy atom. The summed E-state index contributed by atoms with van der Waals surface area (Å²) in [5.74, 6) is -0.670. The van der Waals surface area contributed by atoms with Gasteiger partial charge in [0.1, 0.15) is 5.60 Å². The minimum absolute atomic E-state index is 0. The van der Waals surface area contributed by atoms with Crippen LogP contribution >= 0.6 is 0 Å². The van der Waals surface area contributed by atoms with Crippen LogP contribution in [-0.2, 0) is 4.74 Å². The fourth-order valence-electron chi connectivity index (χ4n) is 2.23. The van der Waals surface area contributed by atoms with E-state index in [1.165, 1.54) is 6.42 Å². The Labute approximate surface area is 164 Å². The van der Waals surface area contributed by atoms with Gasteiger partial charge in [-0.3, -0.25) is 14.5 Å². The quantitative estimate of drug-likeness (QED) is 0.758. The van der Waals surface area contributed by atoms with Crippen molar-refractivity contribution in [1.82, 2.24) is 10.2 Å². The first kappa shape index (κ1) is 24.6. The zero-order valence-corrected chi connectivity index (χ0v) is 17.9. The van der Waals surface area contributed by atoms with Crippen LogP contribution in [0.4, 0.5) is 4.79 Å². The predicted octanol–water partition coefficient (Wildman–Crippen LogP) is 4.88. The second-order valence-electron chi connectivity index (χ2n) is 7.02. The summed E-state index contributed by atoms with van der Waals surface area (Å²) in [5.41, 5.74) is 0.202. The lowest BCUT2D eigenvalue weighted by atomic mass is 10.1. The van der Waals surface area contributed by atoms with E-state index in [0.29, 0.717) is 11.1 Å². The van der Waals surface area contributed by atoms with Crippen molar-refractivity contribution < 1.29 is 20.5 Å². The fourth-order valence-corrected chi connectivity index (χ4v) is 2.23. The Hall–Kier alpha value is -2.37. The average Bonchev–Trinajstić information content (AvgIpc) is 2.81. The molecule has 0 bridgehead atoms. The minimum atomic E-state index is -0.598. The monoisotopic (exact) mass is 380 g/mol. The molecule has 0 saturated carbocycles. The molecule has 3 amide bonds. The minimum Gasteiger partial charge on any atom is -0.444 e. The number of ether oxygens (including phenoxy) is 1. The second kappa shape index (κ2) is 11.4. The number of fused-ring (bicyclic) bond motifs is 1. The van der Waals surface area contributed by atoms with Crippen molar-refractivity contribution in [2.24, 2.45) is 0 Å². The third kappa shape index (κ3) is 7.81. The molecule has 0 aromatic heterocycles. The molecule has 1 atom stereocenters. The Bertz CT molecular complexity index is 607. The molecule has 6 heteroatoms. The largest absolute Gasteiger partial charge is 0.444 e. The summed E-state index contributed by atoms with van der Waals surface area (Å²) in [5, 5.41) is 2.62. The average molecular weight is 381 g/mol. The Balaban J connectivity index is 0. The van der Waals surface area contributed by atoms with Gasteiger partial charge in [0.25, 0.3) is 11.8 Å². The van der Waals surface area contributed by atoms with Crippen LogP contribution < -0.4 is 5.32 Å². The highest BCUT2D eigenvalue weighted by Gasteiger charge is 2.36. The van der Waals surface area contributed by atoms with Crippen LogP contribution in [0, 0.1) is 0 Å². The third-order valence-electron chi connectivity index (χ3n) is 3.10. The summed E-state index contributed by atoms with van der Waals surface area (Å²) in [6.45, 7) is 15.4. The van der Waals surface area contributed by atoms with Crippen molar-refractivity contribution in [1.29, 1.82) is 0 Å². The van der Waals surface area contributed by atoms with E-state index in [9.17, 15) is 14.4 Å². The van der Waals surface area contributed by atoms with Crippen molar-refractivity contribution in [2.45, 2.75) is 73.5 Å². The van der Waals surface area contributed by atoms with Crippen LogP contribution in [0.5, 0.6) is 0 Å². The van der Waals surface area contributed by atoms with Gasteiger partial charge in [0.2, 0.25) is 0 Å². The van der Waals surface area contributed by atoms with E-state index in [4.69, 9.17) is 4.74 Å². The second-order valence-corrected chi connectivity index (χ2v) is 7.02. The Kier molecular flexibility index (Phi) is 10.4. The zero-order valence-electron chi connectivity index (χ0n) is 17.9. The van der Waals surface area contributed by atoms with E-state index >= 15 is 0 Å². The number of carbonyl (C=O) groups is 3. The van der Waals surface area contributed by atoms with Gasteiger partial charge in [-0.2, -0.15) is 0 Å². The smallest absolute Gasteiger partial charge is 0.407 e. The number of benzene rings is 1. The number of alkyl carbamates (subject to hydrolysis) is 1. The number of nitrogens with one attached hydrogen (secondary N) is 1. The zero-order chi connectivity index (χ0) is 21.2.